The summed E-state index contributed by atoms with van der Waals surface area (Å²) in [7, 11) is 1.22. The first-order valence-corrected chi connectivity index (χ1v) is 13.3. The van der Waals surface area contributed by atoms with Crippen LogP contribution in [0.1, 0.15) is 20.7 Å². The zero-order valence-electron chi connectivity index (χ0n) is 21.6. The minimum atomic E-state index is -0.670. The number of thioether (sulfide) groups is 1. The largest absolute Gasteiger partial charge is 0.466 e. The molecule has 6 rings (SSSR count). The lowest BCUT2D eigenvalue weighted by Crippen LogP contribution is -2.52. The molecule has 1 fully saturated rings. The Morgan fingerprint density at radius 1 is 0.829 bits per heavy atom. The standard InChI is InChI=1S/C30H21N5O5S/c1-40-24(36)16-22-29(39)31-30(41-22)33-32-23-17-34(18-10-4-2-5-11-18)25-26(35(23)19-12-6-3-7-13-19)28(38)21-15-9-8-14-20(21)27(25)37/h2-16H,17H2,1H3,(H,31,33,39)/b22-16+,32-23+. The van der Waals surface area contributed by atoms with E-state index in [2.05, 4.69) is 20.3 Å². The molecule has 0 spiro atoms. The van der Waals surface area contributed by atoms with Crippen LogP contribution in [0.15, 0.2) is 118 Å². The number of benzene rings is 3. The van der Waals surface area contributed by atoms with Gasteiger partial charge in [-0.2, -0.15) is 0 Å². The van der Waals surface area contributed by atoms with Gasteiger partial charge in [-0.25, -0.2) is 4.79 Å². The van der Waals surface area contributed by atoms with Gasteiger partial charge in [0.05, 0.1) is 18.6 Å². The Morgan fingerprint density at radius 3 is 2.05 bits per heavy atom. The Kier molecular flexibility index (Phi) is 6.78. The van der Waals surface area contributed by atoms with Crippen molar-refractivity contribution >= 4 is 57.6 Å². The average molecular weight is 564 g/mol. The number of allylic oxidation sites excluding steroid dienone is 2. The third-order valence-electron chi connectivity index (χ3n) is 6.56. The number of amides is 1. The number of hydrogen-bond acceptors (Lipinski definition) is 9. The zero-order chi connectivity index (χ0) is 28.5. The summed E-state index contributed by atoms with van der Waals surface area (Å²) in [6.07, 6.45) is 1.07. The van der Waals surface area contributed by atoms with E-state index >= 15 is 0 Å². The molecule has 3 aliphatic rings. The molecule has 10 nitrogen and oxygen atoms in total. The Balaban J connectivity index is 1.52. The highest BCUT2D eigenvalue weighted by atomic mass is 32.2. The van der Waals surface area contributed by atoms with Crippen molar-refractivity contribution in [2.45, 2.75) is 0 Å². The molecule has 1 N–H and O–H groups in total. The van der Waals surface area contributed by atoms with Crippen molar-refractivity contribution in [2.24, 2.45) is 10.2 Å². The topological polar surface area (TPSA) is 121 Å². The van der Waals surface area contributed by atoms with Gasteiger partial charge in [0.2, 0.25) is 11.6 Å². The number of esters is 1. The first-order chi connectivity index (χ1) is 20.0. The van der Waals surface area contributed by atoms with E-state index in [1.165, 1.54) is 7.11 Å². The first kappa shape index (κ1) is 26.0. The van der Waals surface area contributed by atoms with Gasteiger partial charge in [-0.3, -0.25) is 24.6 Å². The predicted molar refractivity (Wildman–Crippen MR) is 156 cm³/mol. The summed E-state index contributed by atoms with van der Waals surface area (Å²) in [6, 6.07) is 25.1. The molecule has 2 heterocycles. The van der Waals surface area contributed by atoms with Crippen LogP contribution in [0.2, 0.25) is 0 Å². The van der Waals surface area contributed by atoms with Crippen LogP contribution in [0.25, 0.3) is 0 Å². The van der Waals surface area contributed by atoms with E-state index in [1.807, 2.05) is 60.7 Å². The van der Waals surface area contributed by atoms with Crippen LogP contribution in [-0.4, -0.2) is 48.1 Å². The monoisotopic (exact) mass is 563 g/mol. The fourth-order valence-electron chi connectivity index (χ4n) is 4.73. The van der Waals surface area contributed by atoms with E-state index < -0.39 is 11.9 Å². The quantitative estimate of drug-likeness (QED) is 0.288. The number of nitrogens with one attached hydrogen (secondary N) is 1. The van der Waals surface area contributed by atoms with E-state index in [0.29, 0.717) is 28.3 Å². The van der Waals surface area contributed by atoms with Crippen molar-refractivity contribution in [3.05, 3.63) is 118 Å². The Labute approximate surface area is 238 Å². The maximum atomic E-state index is 14.1. The van der Waals surface area contributed by atoms with Gasteiger partial charge in [0, 0.05) is 28.6 Å². The maximum Gasteiger partial charge on any atom is 0.331 e. The molecule has 0 unspecified atom stereocenters. The van der Waals surface area contributed by atoms with E-state index in [0.717, 1.165) is 17.8 Å². The van der Waals surface area contributed by atoms with Gasteiger partial charge < -0.3 is 9.64 Å². The molecule has 0 bridgehead atoms. The van der Waals surface area contributed by atoms with Gasteiger partial charge in [-0.1, -0.05) is 60.7 Å². The second-order valence-electron chi connectivity index (χ2n) is 9.00. The Bertz CT molecular complexity index is 1730. The third-order valence-corrected chi connectivity index (χ3v) is 7.46. The molecule has 2 aliphatic heterocycles. The summed E-state index contributed by atoms with van der Waals surface area (Å²) in [5, 5.41) is 11.5. The summed E-state index contributed by atoms with van der Waals surface area (Å²) in [5.74, 6) is -1.44. The Morgan fingerprint density at radius 2 is 1.41 bits per heavy atom. The minimum absolute atomic E-state index is 0.0964. The molecular formula is C30H21N5O5S. The van der Waals surface area contributed by atoms with E-state index in [4.69, 9.17) is 0 Å². The summed E-state index contributed by atoms with van der Waals surface area (Å²) >= 11 is 0.937. The van der Waals surface area contributed by atoms with Crippen LogP contribution >= 0.6 is 11.8 Å². The number of fused-ring (bicyclic) bond motifs is 1. The number of anilines is 2. The van der Waals surface area contributed by atoms with E-state index in [9.17, 15) is 19.2 Å². The molecule has 0 radical (unpaired) electrons. The van der Waals surface area contributed by atoms with Gasteiger partial charge in [0.25, 0.3) is 5.91 Å². The van der Waals surface area contributed by atoms with Crippen molar-refractivity contribution in [1.82, 2.24) is 5.32 Å². The first-order valence-electron chi connectivity index (χ1n) is 12.5. The lowest BCUT2D eigenvalue weighted by atomic mass is 9.87. The van der Waals surface area contributed by atoms with Gasteiger partial charge in [-0.05, 0) is 36.0 Å². The molecule has 3 aromatic carbocycles. The van der Waals surface area contributed by atoms with Gasteiger partial charge in [0.15, 0.2) is 11.0 Å². The highest BCUT2D eigenvalue weighted by Crippen LogP contribution is 2.38. The van der Waals surface area contributed by atoms with E-state index in [-0.39, 0.29) is 39.6 Å². The SMILES string of the molecule is COC(=O)/C=C1/S/C(=N\N=C2/CN(c3ccccc3)C3=C(C(=O)c4ccccc4C3=O)N2c2ccccc2)NC1=O. The zero-order valence-corrected chi connectivity index (χ0v) is 22.4. The summed E-state index contributed by atoms with van der Waals surface area (Å²) < 4.78 is 4.61. The van der Waals surface area contributed by atoms with Crippen LogP contribution in [0.5, 0.6) is 0 Å². The third kappa shape index (κ3) is 4.72. The van der Waals surface area contributed by atoms with Crippen LogP contribution in [-0.2, 0) is 14.3 Å². The van der Waals surface area contributed by atoms with Crippen LogP contribution in [0, 0.1) is 0 Å². The van der Waals surface area contributed by atoms with Crippen molar-refractivity contribution < 1.29 is 23.9 Å². The number of rotatable bonds is 4. The fraction of sp³-hybridized carbons (Fsp3) is 0.0667. The number of carbonyl (C=O) groups is 4. The molecule has 1 aliphatic carbocycles. The number of hydrogen-bond donors (Lipinski definition) is 1. The molecule has 1 amide bonds. The number of nitrogens with zero attached hydrogens (tertiary/aromatic N) is 4. The summed E-state index contributed by atoms with van der Waals surface area (Å²) in [5.41, 5.74) is 2.34. The van der Waals surface area contributed by atoms with Gasteiger partial charge in [0.1, 0.15) is 11.4 Å². The predicted octanol–water partition coefficient (Wildman–Crippen LogP) is 3.89. The van der Waals surface area contributed by atoms with E-state index in [1.54, 1.807) is 34.1 Å². The molecule has 41 heavy (non-hydrogen) atoms. The molecule has 1 saturated heterocycles. The van der Waals surface area contributed by atoms with Gasteiger partial charge in [-0.15, -0.1) is 10.2 Å². The van der Waals surface area contributed by atoms with Crippen LogP contribution in [0.3, 0.4) is 0 Å². The average Bonchev–Trinajstić information content (AvgIpc) is 3.37. The molecule has 11 heteroatoms. The number of amidine groups is 2. The van der Waals surface area contributed by atoms with Crippen LogP contribution < -0.4 is 15.1 Å². The van der Waals surface area contributed by atoms with Crippen molar-refractivity contribution in [3.8, 4) is 0 Å². The fourth-order valence-corrected chi connectivity index (χ4v) is 5.46. The molecule has 3 aromatic rings. The molecule has 0 atom stereocenters. The molecule has 202 valence electrons. The number of methoxy groups -OCH3 is 1. The second kappa shape index (κ2) is 10.7. The van der Waals surface area contributed by atoms with Crippen molar-refractivity contribution in [1.29, 1.82) is 0 Å². The Hall–Kier alpha value is -5.29. The highest BCUT2D eigenvalue weighted by molar-refractivity contribution is 8.18. The lowest BCUT2D eigenvalue weighted by Gasteiger charge is -2.41. The maximum absolute atomic E-state index is 14.1. The number of ketones is 2. The molecule has 0 aromatic heterocycles. The van der Waals surface area contributed by atoms with Crippen molar-refractivity contribution in [3.63, 3.8) is 0 Å². The highest BCUT2D eigenvalue weighted by Gasteiger charge is 2.44. The number of para-hydroxylation sites is 2. The number of Topliss-reactive ketones (excluding diaryl/α,β-unsaturated/α-hetero) is 2. The normalized spacial score (nSPS) is 19.5. The summed E-state index contributed by atoms with van der Waals surface area (Å²) in [4.78, 5) is 55.6. The molecule has 0 saturated carbocycles. The number of ether oxygens (including phenoxy) is 1. The van der Waals surface area contributed by atoms with Crippen LogP contribution in [0.4, 0.5) is 11.4 Å². The second-order valence-corrected chi connectivity index (χ2v) is 10.0. The minimum Gasteiger partial charge on any atom is -0.466 e. The summed E-state index contributed by atoms with van der Waals surface area (Å²) in [6.45, 7) is 0.0964. The van der Waals surface area contributed by atoms with Gasteiger partial charge >= 0.3 is 5.97 Å². The lowest BCUT2D eigenvalue weighted by molar-refractivity contribution is -0.135. The van der Waals surface area contributed by atoms with Crippen molar-refractivity contribution in [2.75, 3.05) is 23.5 Å². The molecular weight excluding hydrogens is 542 g/mol. The number of carbonyl (C=O) groups excluding carboxylic acids is 4. The smallest absolute Gasteiger partial charge is 0.331 e.